The van der Waals surface area contributed by atoms with E-state index >= 15 is 0 Å². The Morgan fingerprint density at radius 3 is 2.95 bits per heavy atom. The molecule has 1 fully saturated rings. The van der Waals surface area contributed by atoms with E-state index in [1.165, 1.54) is 10.6 Å². The molecule has 2 heterocycles. The first kappa shape index (κ1) is 14.4. The van der Waals surface area contributed by atoms with Crippen molar-refractivity contribution >= 4 is 10.0 Å². The summed E-state index contributed by atoms with van der Waals surface area (Å²) in [4.78, 5) is 7.99. The van der Waals surface area contributed by atoms with Crippen molar-refractivity contribution in [3.05, 3.63) is 24.3 Å². The number of hydrogen-bond donors (Lipinski definition) is 1. The van der Waals surface area contributed by atoms with Gasteiger partial charge in [0.15, 0.2) is 0 Å². The number of aliphatic hydroxyl groups is 1. The van der Waals surface area contributed by atoms with E-state index in [1.807, 2.05) is 0 Å². The number of piperidine rings is 1. The summed E-state index contributed by atoms with van der Waals surface area (Å²) in [6, 6.07) is 0. The van der Waals surface area contributed by atoms with Crippen LogP contribution in [-0.4, -0.2) is 47.1 Å². The number of aliphatic hydroxyl groups excluding tert-OH is 1. The molecule has 0 bridgehead atoms. The first-order chi connectivity index (χ1) is 8.97. The number of rotatable bonds is 4. The van der Waals surface area contributed by atoms with Gasteiger partial charge in [0.25, 0.3) is 0 Å². The Balaban J connectivity index is 1.96. The highest BCUT2D eigenvalue weighted by molar-refractivity contribution is 7.88. The Morgan fingerprint density at radius 1 is 1.53 bits per heavy atom. The zero-order valence-electron chi connectivity index (χ0n) is 10.9. The van der Waals surface area contributed by atoms with Gasteiger partial charge in [-0.15, -0.1) is 0 Å². The Hall–Kier alpha value is -1.05. The fourth-order valence-corrected chi connectivity index (χ4v) is 3.38. The molecule has 19 heavy (non-hydrogen) atoms. The third-order valence-electron chi connectivity index (χ3n) is 3.43. The lowest BCUT2D eigenvalue weighted by atomic mass is 9.92. The monoisotopic (exact) mass is 285 g/mol. The molecule has 7 heteroatoms. The fourth-order valence-electron chi connectivity index (χ4n) is 2.44. The first-order valence-electron chi connectivity index (χ1n) is 6.36. The van der Waals surface area contributed by atoms with Crippen LogP contribution in [0.1, 0.15) is 31.1 Å². The standard InChI is InChI=1S/C12H19N3O3S/c1-19(17,18)15-6-2-3-10(9-15)7-12(16)11-8-13-4-5-14-11/h4-5,8,10,12,16H,2-3,6-7,9H2,1H3. The Kier molecular flexibility index (Phi) is 4.49. The van der Waals surface area contributed by atoms with Gasteiger partial charge in [0, 0.05) is 25.5 Å². The van der Waals surface area contributed by atoms with Crippen LogP contribution in [0.3, 0.4) is 0 Å². The van der Waals surface area contributed by atoms with Gasteiger partial charge in [0.05, 0.1) is 24.3 Å². The van der Waals surface area contributed by atoms with Crippen molar-refractivity contribution in [1.82, 2.24) is 14.3 Å². The lowest BCUT2D eigenvalue weighted by molar-refractivity contribution is 0.119. The maximum absolute atomic E-state index is 11.5. The Bertz CT molecular complexity index is 506. The maximum Gasteiger partial charge on any atom is 0.211 e. The molecule has 0 aromatic carbocycles. The van der Waals surface area contributed by atoms with Crippen molar-refractivity contribution in [3.63, 3.8) is 0 Å². The summed E-state index contributed by atoms with van der Waals surface area (Å²) >= 11 is 0. The van der Waals surface area contributed by atoms with Crippen molar-refractivity contribution in [2.45, 2.75) is 25.4 Å². The van der Waals surface area contributed by atoms with Crippen LogP contribution in [0.2, 0.25) is 0 Å². The van der Waals surface area contributed by atoms with Gasteiger partial charge in [0.2, 0.25) is 10.0 Å². The van der Waals surface area contributed by atoms with E-state index in [0.29, 0.717) is 25.2 Å². The SMILES string of the molecule is CS(=O)(=O)N1CCCC(CC(O)c2cnccn2)C1. The lowest BCUT2D eigenvalue weighted by Crippen LogP contribution is -2.39. The first-order valence-corrected chi connectivity index (χ1v) is 8.21. The molecular formula is C12H19N3O3S. The van der Waals surface area contributed by atoms with Crippen LogP contribution in [0.15, 0.2) is 18.6 Å². The minimum Gasteiger partial charge on any atom is -0.387 e. The second-order valence-corrected chi connectivity index (χ2v) is 6.99. The summed E-state index contributed by atoms with van der Waals surface area (Å²) in [5.74, 6) is 0.167. The summed E-state index contributed by atoms with van der Waals surface area (Å²) in [7, 11) is -3.14. The molecule has 0 amide bonds. The highest BCUT2D eigenvalue weighted by Gasteiger charge is 2.27. The highest BCUT2D eigenvalue weighted by Crippen LogP contribution is 2.27. The van der Waals surface area contributed by atoms with Gasteiger partial charge in [-0.1, -0.05) is 0 Å². The molecule has 0 spiro atoms. The summed E-state index contributed by atoms with van der Waals surface area (Å²) in [6.45, 7) is 1.06. The number of aromatic nitrogens is 2. The molecule has 1 saturated heterocycles. The Labute approximate surface area is 113 Å². The summed E-state index contributed by atoms with van der Waals surface area (Å²) in [5, 5.41) is 10.1. The second-order valence-electron chi connectivity index (χ2n) is 5.01. The van der Waals surface area contributed by atoms with Crippen molar-refractivity contribution in [2.24, 2.45) is 5.92 Å². The molecule has 0 aliphatic carbocycles. The molecule has 1 aliphatic heterocycles. The largest absolute Gasteiger partial charge is 0.387 e. The predicted octanol–water partition coefficient (Wildman–Crippen LogP) is 0.572. The third kappa shape index (κ3) is 3.95. The smallest absolute Gasteiger partial charge is 0.211 e. The van der Waals surface area contributed by atoms with E-state index in [2.05, 4.69) is 9.97 Å². The fraction of sp³-hybridized carbons (Fsp3) is 0.667. The van der Waals surface area contributed by atoms with E-state index in [0.717, 1.165) is 12.8 Å². The molecule has 2 rings (SSSR count). The molecule has 1 aliphatic rings. The van der Waals surface area contributed by atoms with Gasteiger partial charge < -0.3 is 5.11 Å². The van der Waals surface area contributed by atoms with E-state index < -0.39 is 16.1 Å². The van der Waals surface area contributed by atoms with Gasteiger partial charge >= 0.3 is 0 Å². The molecule has 0 radical (unpaired) electrons. The van der Waals surface area contributed by atoms with Crippen LogP contribution in [0.4, 0.5) is 0 Å². The predicted molar refractivity (Wildman–Crippen MR) is 70.7 cm³/mol. The third-order valence-corrected chi connectivity index (χ3v) is 4.70. The summed E-state index contributed by atoms with van der Waals surface area (Å²) < 4.78 is 24.5. The maximum atomic E-state index is 11.5. The zero-order chi connectivity index (χ0) is 13.9. The molecule has 6 nitrogen and oxygen atoms in total. The molecule has 1 aromatic rings. The van der Waals surface area contributed by atoms with E-state index in [4.69, 9.17) is 0 Å². The second kappa shape index (κ2) is 5.94. The van der Waals surface area contributed by atoms with Crippen molar-refractivity contribution < 1.29 is 13.5 Å². The highest BCUT2D eigenvalue weighted by atomic mass is 32.2. The van der Waals surface area contributed by atoms with Crippen LogP contribution < -0.4 is 0 Å². The molecule has 0 saturated carbocycles. The lowest BCUT2D eigenvalue weighted by Gasteiger charge is -2.31. The quantitative estimate of drug-likeness (QED) is 0.874. The average Bonchev–Trinajstić information content (AvgIpc) is 2.39. The minimum absolute atomic E-state index is 0.167. The van der Waals surface area contributed by atoms with Gasteiger partial charge in [-0.25, -0.2) is 12.7 Å². The molecule has 106 valence electrons. The van der Waals surface area contributed by atoms with Crippen molar-refractivity contribution in [3.8, 4) is 0 Å². The Morgan fingerprint density at radius 2 is 2.32 bits per heavy atom. The van der Waals surface area contributed by atoms with Crippen LogP contribution in [-0.2, 0) is 10.0 Å². The summed E-state index contributed by atoms with van der Waals surface area (Å²) in [6.07, 6.45) is 7.48. The van der Waals surface area contributed by atoms with Crippen LogP contribution >= 0.6 is 0 Å². The van der Waals surface area contributed by atoms with Gasteiger partial charge in [-0.2, -0.15) is 0 Å². The molecule has 1 aromatic heterocycles. The number of hydrogen-bond acceptors (Lipinski definition) is 5. The van der Waals surface area contributed by atoms with E-state index in [9.17, 15) is 13.5 Å². The van der Waals surface area contributed by atoms with E-state index in [1.54, 1.807) is 18.6 Å². The number of sulfonamides is 1. The van der Waals surface area contributed by atoms with Crippen LogP contribution in [0.25, 0.3) is 0 Å². The van der Waals surface area contributed by atoms with Gasteiger partial charge in [-0.3, -0.25) is 9.97 Å². The van der Waals surface area contributed by atoms with Gasteiger partial charge in [-0.05, 0) is 25.2 Å². The van der Waals surface area contributed by atoms with Crippen molar-refractivity contribution in [2.75, 3.05) is 19.3 Å². The normalized spacial score (nSPS) is 23.2. The number of nitrogens with zero attached hydrogens (tertiary/aromatic N) is 3. The zero-order valence-corrected chi connectivity index (χ0v) is 11.8. The van der Waals surface area contributed by atoms with E-state index in [-0.39, 0.29) is 5.92 Å². The van der Waals surface area contributed by atoms with Gasteiger partial charge in [0.1, 0.15) is 0 Å². The minimum atomic E-state index is -3.14. The van der Waals surface area contributed by atoms with Crippen LogP contribution in [0.5, 0.6) is 0 Å². The molecule has 1 N–H and O–H groups in total. The topological polar surface area (TPSA) is 83.4 Å². The van der Waals surface area contributed by atoms with Crippen molar-refractivity contribution in [1.29, 1.82) is 0 Å². The molecule has 2 unspecified atom stereocenters. The van der Waals surface area contributed by atoms with Crippen LogP contribution in [0, 0.1) is 5.92 Å². The molecule has 2 atom stereocenters. The summed E-state index contributed by atoms with van der Waals surface area (Å²) in [5.41, 5.74) is 0.541. The average molecular weight is 285 g/mol. The molecular weight excluding hydrogens is 266 g/mol.